The third kappa shape index (κ3) is 0.988. The molecular weight excluding hydrogens is 188 g/mol. The Morgan fingerprint density at radius 3 is 2.47 bits per heavy atom. The maximum absolute atomic E-state index is 11.7. The van der Waals surface area contributed by atoms with Crippen molar-refractivity contribution < 1.29 is 9.59 Å². The number of hydrogen-bond acceptors (Lipinski definition) is 2. The van der Waals surface area contributed by atoms with Crippen LogP contribution < -0.4 is 0 Å². The van der Waals surface area contributed by atoms with Gasteiger partial charge in [-0.05, 0) is 17.6 Å². The van der Waals surface area contributed by atoms with E-state index in [1.807, 2.05) is 24.3 Å². The third-order valence-electron chi connectivity index (χ3n) is 2.87. The van der Waals surface area contributed by atoms with Crippen molar-refractivity contribution in [3.63, 3.8) is 0 Å². The van der Waals surface area contributed by atoms with Gasteiger partial charge < -0.3 is 0 Å². The van der Waals surface area contributed by atoms with E-state index in [2.05, 4.69) is 0 Å². The molecule has 0 atom stereocenters. The van der Waals surface area contributed by atoms with Crippen molar-refractivity contribution in [2.75, 3.05) is 0 Å². The molecule has 0 aliphatic heterocycles. The fourth-order valence-corrected chi connectivity index (χ4v) is 2.15. The third-order valence-corrected chi connectivity index (χ3v) is 2.87. The van der Waals surface area contributed by atoms with Crippen molar-refractivity contribution in [2.45, 2.75) is 6.42 Å². The van der Waals surface area contributed by atoms with Crippen LogP contribution in [-0.4, -0.2) is 11.6 Å². The summed E-state index contributed by atoms with van der Waals surface area (Å²) in [7, 11) is 0. The molecule has 0 saturated carbocycles. The predicted molar refractivity (Wildman–Crippen MR) is 56.5 cm³/mol. The average molecular weight is 196 g/mol. The second kappa shape index (κ2) is 2.76. The Labute approximate surface area is 86.9 Å². The molecule has 0 fully saturated rings. The zero-order chi connectivity index (χ0) is 10.4. The number of rotatable bonds is 0. The first-order chi connectivity index (χ1) is 7.29. The highest BCUT2D eigenvalue weighted by molar-refractivity contribution is 6.53. The summed E-state index contributed by atoms with van der Waals surface area (Å²) < 4.78 is 0. The van der Waals surface area contributed by atoms with Crippen LogP contribution in [0.2, 0.25) is 0 Å². The van der Waals surface area contributed by atoms with Crippen LogP contribution in [0.3, 0.4) is 0 Å². The highest BCUT2D eigenvalue weighted by Crippen LogP contribution is 2.35. The zero-order valence-corrected chi connectivity index (χ0v) is 7.99. The van der Waals surface area contributed by atoms with E-state index in [1.54, 1.807) is 12.1 Å². The van der Waals surface area contributed by atoms with Gasteiger partial charge in [0.2, 0.25) is 11.6 Å². The Bertz CT molecular complexity index is 547. The summed E-state index contributed by atoms with van der Waals surface area (Å²) >= 11 is 0. The van der Waals surface area contributed by atoms with E-state index >= 15 is 0 Å². The number of benzene rings is 1. The summed E-state index contributed by atoms with van der Waals surface area (Å²) in [6, 6.07) is 7.28. The van der Waals surface area contributed by atoms with Gasteiger partial charge in [-0.2, -0.15) is 0 Å². The Balaban J connectivity index is 2.36. The molecule has 2 aliphatic rings. The number of carbonyl (C=O) groups is 2. The molecule has 3 rings (SSSR count). The van der Waals surface area contributed by atoms with Crippen LogP contribution in [0, 0.1) is 0 Å². The highest BCUT2D eigenvalue weighted by atomic mass is 16.2. The summed E-state index contributed by atoms with van der Waals surface area (Å²) in [5, 5.41) is 0. The molecule has 2 nitrogen and oxygen atoms in total. The minimum atomic E-state index is -0.368. The minimum absolute atomic E-state index is 0.339. The van der Waals surface area contributed by atoms with Crippen molar-refractivity contribution in [2.24, 2.45) is 0 Å². The molecule has 0 N–H and O–H groups in total. The van der Waals surface area contributed by atoms with Gasteiger partial charge in [-0.25, -0.2) is 0 Å². The largest absolute Gasteiger partial charge is 0.285 e. The standard InChI is InChI=1S/C13H8O2/c14-12-10-5-2-1-4-8(10)9-6-3-7-11(9)13(12)15/h1-6H,7H2. The van der Waals surface area contributed by atoms with Gasteiger partial charge in [0.25, 0.3) is 0 Å². The molecule has 1 aromatic carbocycles. The van der Waals surface area contributed by atoms with Crippen molar-refractivity contribution in [3.8, 4) is 0 Å². The van der Waals surface area contributed by atoms with Crippen LogP contribution in [0.4, 0.5) is 0 Å². The van der Waals surface area contributed by atoms with Crippen LogP contribution >= 0.6 is 0 Å². The quantitative estimate of drug-likeness (QED) is 0.596. The molecule has 72 valence electrons. The molecule has 0 spiro atoms. The Morgan fingerprint density at radius 2 is 1.67 bits per heavy atom. The van der Waals surface area contributed by atoms with Gasteiger partial charge in [-0.1, -0.05) is 36.4 Å². The van der Waals surface area contributed by atoms with Crippen LogP contribution in [0.25, 0.3) is 5.57 Å². The van der Waals surface area contributed by atoms with Gasteiger partial charge in [0.15, 0.2) is 0 Å². The summed E-state index contributed by atoms with van der Waals surface area (Å²) in [5.41, 5.74) is 3.01. The Hall–Kier alpha value is -1.96. The maximum Gasteiger partial charge on any atom is 0.233 e. The lowest BCUT2D eigenvalue weighted by atomic mass is 9.85. The van der Waals surface area contributed by atoms with E-state index in [1.165, 1.54) is 0 Å². The second-order valence-corrected chi connectivity index (χ2v) is 3.70. The van der Waals surface area contributed by atoms with Crippen LogP contribution in [0.15, 0.2) is 42.0 Å². The predicted octanol–water partition coefficient (Wildman–Crippen LogP) is 2.17. The summed E-state index contributed by atoms with van der Waals surface area (Å²) in [6.07, 6.45) is 4.45. The smallest absolute Gasteiger partial charge is 0.233 e. The number of fused-ring (bicyclic) bond motifs is 2. The minimum Gasteiger partial charge on any atom is -0.285 e. The molecule has 0 amide bonds. The monoisotopic (exact) mass is 196 g/mol. The first-order valence-corrected chi connectivity index (χ1v) is 4.87. The van der Waals surface area contributed by atoms with Gasteiger partial charge in [0.05, 0.1) is 0 Å². The van der Waals surface area contributed by atoms with Gasteiger partial charge in [0.1, 0.15) is 0 Å². The lowest BCUT2D eigenvalue weighted by molar-refractivity contribution is -0.111. The lowest BCUT2D eigenvalue weighted by Crippen LogP contribution is -2.22. The normalized spacial score (nSPS) is 18.1. The molecule has 0 saturated heterocycles. The van der Waals surface area contributed by atoms with E-state index < -0.39 is 0 Å². The molecule has 0 unspecified atom stereocenters. The van der Waals surface area contributed by atoms with E-state index in [0.29, 0.717) is 17.6 Å². The SMILES string of the molecule is O=C1C(=O)c2ccccc2C2=C1CC=C2. The fraction of sp³-hybridized carbons (Fsp3) is 0.0769. The molecule has 0 radical (unpaired) electrons. The van der Waals surface area contributed by atoms with Gasteiger partial charge in [-0.15, -0.1) is 0 Å². The number of hydrogen-bond donors (Lipinski definition) is 0. The molecule has 0 bridgehead atoms. The number of allylic oxidation sites excluding steroid dienone is 4. The Morgan fingerprint density at radius 1 is 0.933 bits per heavy atom. The van der Waals surface area contributed by atoms with E-state index in [9.17, 15) is 9.59 Å². The summed E-state index contributed by atoms with van der Waals surface area (Å²) in [5.74, 6) is -0.707. The molecule has 1 aromatic rings. The van der Waals surface area contributed by atoms with E-state index in [0.717, 1.165) is 11.1 Å². The first-order valence-electron chi connectivity index (χ1n) is 4.87. The van der Waals surface area contributed by atoms with E-state index in [4.69, 9.17) is 0 Å². The topological polar surface area (TPSA) is 34.1 Å². The van der Waals surface area contributed by atoms with Gasteiger partial charge in [-0.3, -0.25) is 9.59 Å². The van der Waals surface area contributed by atoms with Gasteiger partial charge >= 0.3 is 0 Å². The molecular formula is C13H8O2. The lowest BCUT2D eigenvalue weighted by Gasteiger charge is -2.15. The molecule has 0 heterocycles. The van der Waals surface area contributed by atoms with Crippen LogP contribution in [0.5, 0.6) is 0 Å². The number of carbonyl (C=O) groups excluding carboxylic acids is 2. The van der Waals surface area contributed by atoms with Crippen molar-refractivity contribution in [1.29, 1.82) is 0 Å². The van der Waals surface area contributed by atoms with Crippen molar-refractivity contribution in [1.82, 2.24) is 0 Å². The molecule has 15 heavy (non-hydrogen) atoms. The second-order valence-electron chi connectivity index (χ2n) is 3.70. The zero-order valence-electron chi connectivity index (χ0n) is 7.99. The summed E-state index contributed by atoms with van der Waals surface area (Å²) in [4.78, 5) is 23.5. The van der Waals surface area contributed by atoms with Crippen molar-refractivity contribution in [3.05, 3.63) is 53.1 Å². The van der Waals surface area contributed by atoms with E-state index in [-0.39, 0.29) is 11.6 Å². The summed E-state index contributed by atoms with van der Waals surface area (Å²) in [6.45, 7) is 0. The van der Waals surface area contributed by atoms with Crippen LogP contribution in [-0.2, 0) is 4.79 Å². The Kier molecular flexibility index (Phi) is 1.54. The molecule has 2 heteroatoms. The fourth-order valence-electron chi connectivity index (χ4n) is 2.15. The number of ketones is 2. The first kappa shape index (κ1) is 8.36. The van der Waals surface area contributed by atoms with Crippen LogP contribution in [0.1, 0.15) is 22.3 Å². The van der Waals surface area contributed by atoms with Gasteiger partial charge in [0, 0.05) is 11.1 Å². The maximum atomic E-state index is 11.7. The average Bonchev–Trinajstić information content (AvgIpc) is 2.75. The number of Topliss-reactive ketones (excluding diaryl/α,β-unsaturated/α-hetero) is 2. The molecule has 0 aromatic heterocycles. The van der Waals surface area contributed by atoms with Crippen molar-refractivity contribution >= 4 is 17.1 Å². The molecule has 2 aliphatic carbocycles. The highest BCUT2D eigenvalue weighted by Gasteiger charge is 2.32.